The summed E-state index contributed by atoms with van der Waals surface area (Å²) >= 11 is 7.94. The molecule has 3 rings (SSSR count). The number of aromatic nitrogens is 2. The first-order valence-electron chi connectivity index (χ1n) is 7.19. The Hall–Kier alpha value is -1.20. The molecule has 0 aliphatic carbocycles. The molecule has 2 aromatic rings. The minimum absolute atomic E-state index is 0.195. The average Bonchev–Trinajstić information content (AvgIpc) is 2.91. The van der Waals surface area contributed by atoms with E-state index in [9.17, 15) is 4.79 Å². The number of nitrogens with zero attached hydrogens (tertiary/aromatic N) is 3. The van der Waals surface area contributed by atoms with Gasteiger partial charge in [-0.1, -0.05) is 24.9 Å². The van der Waals surface area contributed by atoms with Gasteiger partial charge in [-0.05, 0) is 25.3 Å². The third-order valence-corrected chi connectivity index (χ3v) is 5.61. The molecule has 1 amide bonds. The van der Waals surface area contributed by atoms with Crippen LogP contribution in [-0.2, 0) is 11.3 Å². The summed E-state index contributed by atoms with van der Waals surface area (Å²) < 4.78 is 0. The average molecular weight is 324 g/mol. The fourth-order valence-electron chi connectivity index (χ4n) is 2.76. The number of thiophene rings is 1. The molecule has 1 fully saturated rings. The summed E-state index contributed by atoms with van der Waals surface area (Å²) in [6.07, 6.45) is 1.68. The lowest BCUT2D eigenvalue weighted by molar-refractivity contribution is -0.128. The lowest BCUT2D eigenvalue weighted by atomic mass is 10.1. The van der Waals surface area contributed by atoms with Crippen LogP contribution in [0.5, 0.6) is 0 Å². The van der Waals surface area contributed by atoms with E-state index in [1.807, 2.05) is 11.8 Å². The van der Waals surface area contributed by atoms with Crippen molar-refractivity contribution in [3.8, 4) is 0 Å². The van der Waals surface area contributed by atoms with Gasteiger partial charge >= 0.3 is 0 Å². The maximum Gasteiger partial charge on any atom is 0.223 e. The maximum atomic E-state index is 12.0. The van der Waals surface area contributed by atoms with E-state index in [2.05, 4.69) is 23.8 Å². The normalized spacial score (nSPS) is 19.0. The number of likely N-dealkylation sites (tertiary alicyclic amines) is 1. The Morgan fingerprint density at radius 2 is 2.14 bits per heavy atom. The summed E-state index contributed by atoms with van der Waals surface area (Å²) in [6, 6.07) is 0. The third kappa shape index (κ3) is 2.64. The van der Waals surface area contributed by atoms with Crippen molar-refractivity contribution in [2.75, 3.05) is 6.54 Å². The van der Waals surface area contributed by atoms with E-state index < -0.39 is 0 Å². The van der Waals surface area contributed by atoms with Crippen molar-refractivity contribution in [1.82, 2.24) is 14.9 Å². The molecule has 1 atom stereocenters. The van der Waals surface area contributed by atoms with Gasteiger partial charge in [-0.15, -0.1) is 11.3 Å². The molecule has 0 N–H and O–H groups in total. The molecule has 0 spiro atoms. The minimum atomic E-state index is 0.195. The van der Waals surface area contributed by atoms with Crippen LogP contribution in [0.4, 0.5) is 0 Å². The van der Waals surface area contributed by atoms with Gasteiger partial charge in [0.1, 0.15) is 9.98 Å². The van der Waals surface area contributed by atoms with Gasteiger partial charge in [-0.25, -0.2) is 9.97 Å². The molecule has 0 aromatic carbocycles. The Morgan fingerprint density at radius 3 is 2.81 bits per heavy atom. The summed E-state index contributed by atoms with van der Waals surface area (Å²) in [5, 5.41) is 1.44. The lowest BCUT2D eigenvalue weighted by Crippen LogP contribution is -2.25. The van der Waals surface area contributed by atoms with E-state index in [1.54, 1.807) is 11.3 Å². The van der Waals surface area contributed by atoms with Crippen LogP contribution in [0.3, 0.4) is 0 Å². The summed E-state index contributed by atoms with van der Waals surface area (Å²) in [5.74, 6) is 1.29. The van der Waals surface area contributed by atoms with Crippen LogP contribution in [0.1, 0.15) is 36.0 Å². The highest BCUT2D eigenvalue weighted by atomic mass is 35.5. The number of aryl methyl sites for hydroxylation is 2. The standard InChI is InChI=1S/C15H18ClN3OS/c1-4-10-5-12(20)19(6-10)7-11-17-14(16)13-8(2)9(3)21-15(13)18-11/h10H,4-7H2,1-3H3. The van der Waals surface area contributed by atoms with Crippen molar-refractivity contribution in [1.29, 1.82) is 0 Å². The van der Waals surface area contributed by atoms with Gasteiger partial charge in [0.15, 0.2) is 5.82 Å². The number of fused-ring (bicyclic) bond motifs is 1. The third-order valence-electron chi connectivity index (χ3n) is 4.24. The van der Waals surface area contributed by atoms with E-state index in [0.717, 1.165) is 28.7 Å². The fraction of sp³-hybridized carbons (Fsp3) is 0.533. The topological polar surface area (TPSA) is 46.1 Å². The second-order valence-electron chi connectivity index (χ2n) is 5.65. The lowest BCUT2D eigenvalue weighted by Gasteiger charge is -2.15. The number of halogens is 1. The predicted octanol–water partition coefficient (Wildman–Crippen LogP) is 3.72. The number of hydrogen-bond donors (Lipinski definition) is 0. The van der Waals surface area contributed by atoms with Crippen molar-refractivity contribution in [3.63, 3.8) is 0 Å². The molecule has 2 aromatic heterocycles. The molecule has 1 unspecified atom stereocenters. The van der Waals surface area contributed by atoms with Crippen LogP contribution in [-0.4, -0.2) is 27.3 Å². The molecule has 0 bridgehead atoms. The molecular formula is C15H18ClN3OS. The molecule has 21 heavy (non-hydrogen) atoms. The first-order valence-corrected chi connectivity index (χ1v) is 8.39. The number of carbonyl (C=O) groups is 1. The second kappa shape index (κ2) is 5.54. The monoisotopic (exact) mass is 323 g/mol. The summed E-state index contributed by atoms with van der Waals surface area (Å²) in [7, 11) is 0. The maximum absolute atomic E-state index is 12.0. The van der Waals surface area contributed by atoms with Crippen molar-refractivity contribution < 1.29 is 4.79 Å². The van der Waals surface area contributed by atoms with E-state index in [-0.39, 0.29) is 5.91 Å². The number of rotatable bonds is 3. The Kier molecular flexibility index (Phi) is 3.88. The molecule has 0 radical (unpaired) electrons. The molecule has 1 aliphatic heterocycles. The van der Waals surface area contributed by atoms with E-state index in [4.69, 9.17) is 11.6 Å². The second-order valence-corrected chi connectivity index (χ2v) is 7.21. The number of hydrogen-bond acceptors (Lipinski definition) is 4. The molecule has 112 valence electrons. The molecule has 4 nitrogen and oxygen atoms in total. The van der Waals surface area contributed by atoms with Gasteiger partial charge in [0.05, 0.1) is 11.9 Å². The van der Waals surface area contributed by atoms with Crippen LogP contribution < -0.4 is 0 Å². The Balaban J connectivity index is 1.90. The van der Waals surface area contributed by atoms with Gasteiger partial charge in [0.2, 0.25) is 5.91 Å². The smallest absolute Gasteiger partial charge is 0.223 e. The Bertz CT molecular complexity index is 712. The zero-order valence-corrected chi connectivity index (χ0v) is 14.0. The van der Waals surface area contributed by atoms with Gasteiger partial charge in [0.25, 0.3) is 0 Å². The van der Waals surface area contributed by atoms with Gasteiger partial charge < -0.3 is 4.90 Å². The Morgan fingerprint density at radius 1 is 1.38 bits per heavy atom. The largest absolute Gasteiger partial charge is 0.335 e. The summed E-state index contributed by atoms with van der Waals surface area (Å²) in [6.45, 7) is 7.49. The van der Waals surface area contributed by atoms with Crippen molar-refractivity contribution in [3.05, 3.63) is 21.4 Å². The van der Waals surface area contributed by atoms with Crippen molar-refractivity contribution in [2.45, 2.75) is 40.2 Å². The fourth-order valence-corrected chi connectivity index (χ4v) is 4.20. The molecule has 3 heterocycles. The quantitative estimate of drug-likeness (QED) is 0.809. The van der Waals surface area contributed by atoms with E-state index >= 15 is 0 Å². The van der Waals surface area contributed by atoms with Gasteiger partial charge in [0, 0.05) is 17.8 Å². The van der Waals surface area contributed by atoms with Crippen molar-refractivity contribution in [2.24, 2.45) is 5.92 Å². The van der Waals surface area contributed by atoms with E-state index in [0.29, 0.717) is 29.9 Å². The summed E-state index contributed by atoms with van der Waals surface area (Å²) in [4.78, 5) is 25.0. The zero-order valence-electron chi connectivity index (χ0n) is 12.4. The van der Waals surface area contributed by atoms with Crippen LogP contribution in [0.2, 0.25) is 5.15 Å². The SMILES string of the molecule is CCC1CC(=O)N(Cc2nc(Cl)c3c(C)c(C)sc3n2)C1. The minimum Gasteiger partial charge on any atom is -0.335 e. The highest BCUT2D eigenvalue weighted by Crippen LogP contribution is 2.33. The molecule has 6 heteroatoms. The zero-order chi connectivity index (χ0) is 15.1. The highest BCUT2D eigenvalue weighted by molar-refractivity contribution is 7.18. The highest BCUT2D eigenvalue weighted by Gasteiger charge is 2.29. The Labute approximate surface area is 133 Å². The van der Waals surface area contributed by atoms with Crippen LogP contribution in [0, 0.1) is 19.8 Å². The molecular weight excluding hydrogens is 306 g/mol. The van der Waals surface area contributed by atoms with Gasteiger partial charge in [-0.2, -0.15) is 0 Å². The predicted molar refractivity (Wildman–Crippen MR) is 85.7 cm³/mol. The van der Waals surface area contributed by atoms with Crippen molar-refractivity contribution >= 4 is 39.1 Å². The molecule has 0 saturated carbocycles. The van der Waals surface area contributed by atoms with Crippen LogP contribution in [0.15, 0.2) is 0 Å². The van der Waals surface area contributed by atoms with Crippen LogP contribution >= 0.6 is 22.9 Å². The first kappa shape index (κ1) is 14.7. The number of amides is 1. The van der Waals surface area contributed by atoms with Crippen LogP contribution in [0.25, 0.3) is 10.2 Å². The number of carbonyl (C=O) groups excluding carboxylic acids is 1. The summed E-state index contributed by atoms with van der Waals surface area (Å²) in [5.41, 5.74) is 1.15. The molecule has 1 saturated heterocycles. The van der Waals surface area contributed by atoms with Gasteiger partial charge in [-0.3, -0.25) is 4.79 Å². The molecule has 1 aliphatic rings. The van der Waals surface area contributed by atoms with E-state index in [1.165, 1.54) is 4.88 Å². The first-order chi connectivity index (χ1) is 9.99.